The summed E-state index contributed by atoms with van der Waals surface area (Å²) < 4.78 is 48.9. The normalized spacial score (nSPS) is 19.4. The quantitative estimate of drug-likeness (QED) is 0.736. The number of hydrogen-bond donors (Lipinski definition) is 2. The molecule has 0 radical (unpaired) electrons. The number of sulfone groups is 1. The molecule has 1 amide bonds. The van der Waals surface area contributed by atoms with Crippen molar-refractivity contribution >= 4 is 32.3 Å². The molecule has 0 saturated heterocycles. The molecule has 0 fully saturated rings. The summed E-state index contributed by atoms with van der Waals surface area (Å²) in [5, 5.41) is 4.47. The number of hydrogen-bond acceptors (Lipinski definition) is 7. The molecule has 2 heterocycles. The molecule has 2 atom stereocenters. The Hall–Kier alpha value is -2.04. The van der Waals surface area contributed by atoms with Crippen LogP contribution in [0.1, 0.15) is 38.8 Å². The van der Waals surface area contributed by atoms with Crippen molar-refractivity contribution in [3.63, 3.8) is 0 Å². The van der Waals surface area contributed by atoms with Crippen LogP contribution in [0.2, 0.25) is 0 Å². The van der Waals surface area contributed by atoms with Gasteiger partial charge in [-0.2, -0.15) is 4.37 Å². The molecule has 0 spiro atoms. The second-order valence-corrected chi connectivity index (χ2v) is 10.4. The van der Waals surface area contributed by atoms with Gasteiger partial charge in [0.1, 0.15) is 22.2 Å². The van der Waals surface area contributed by atoms with Gasteiger partial charge in [-0.25, -0.2) is 12.8 Å². The summed E-state index contributed by atoms with van der Waals surface area (Å²) in [5.41, 5.74) is -0.127. The van der Waals surface area contributed by atoms with Crippen LogP contribution in [0.5, 0.6) is 5.75 Å². The van der Waals surface area contributed by atoms with Crippen molar-refractivity contribution < 1.29 is 22.3 Å². The highest BCUT2D eigenvalue weighted by Crippen LogP contribution is 2.40. The fourth-order valence-electron chi connectivity index (χ4n) is 3.13. The van der Waals surface area contributed by atoms with E-state index in [0.29, 0.717) is 22.7 Å². The van der Waals surface area contributed by atoms with Gasteiger partial charge < -0.3 is 10.1 Å². The lowest BCUT2D eigenvalue weighted by atomic mass is 9.89. The minimum Gasteiger partial charge on any atom is -0.487 e. The molecule has 0 saturated carbocycles. The minimum atomic E-state index is -3.79. The number of nitrogens with zero attached hydrogens (tertiary/aromatic N) is 1. The van der Waals surface area contributed by atoms with Crippen LogP contribution < -0.4 is 15.4 Å². The molecule has 152 valence electrons. The van der Waals surface area contributed by atoms with Crippen LogP contribution in [0.25, 0.3) is 0 Å². The maximum absolute atomic E-state index is 13.8. The molecular formula is C18H22FN3O4S2. The molecule has 1 aromatic carbocycles. The van der Waals surface area contributed by atoms with Gasteiger partial charge >= 0.3 is 0 Å². The first-order valence-corrected chi connectivity index (χ1v) is 11.3. The summed E-state index contributed by atoms with van der Waals surface area (Å²) in [5.74, 6) is -0.916. The zero-order valence-corrected chi connectivity index (χ0v) is 17.4. The van der Waals surface area contributed by atoms with Gasteiger partial charge in [0.2, 0.25) is 0 Å². The van der Waals surface area contributed by atoms with Gasteiger partial charge in [0, 0.05) is 30.0 Å². The van der Waals surface area contributed by atoms with Crippen LogP contribution in [-0.2, 0) is 14.6 Å². The standard InChI is InChI=1S/C18H22FN3O4S2/c1-4-28(24,25)17(16(23)22-15-7-8-20-27-15)21-13-10-18(2,3)26-14-6-5-11(19)9-12(13)14/h5-9,13,17,21H,4,10H2,1-3H3,(H,22,23). The number of fused-ring (bicyclic) bond motifs is 1. The van der Waals surface area contributed by atoms with E-state index >= 15 is 0 Å². The monoisotopic (exact) mass is 427 g/mol. The largest absolute Gasteiger partial charge is 0.487 e. The Morgan fingerprint density at radius 3 is 2.82 bits per heavy atom. The maximum Gasteiger partial charge on any atom is 0.257 e. The molecule has 2 aromatic rings. The topological polar surface area (TPSA) is 97.4 Å². The van der Waals surface area contributed by atoms with E-state index in [1.165, 1.54) is 31.3 Å². The summed E-state index contributed by atoms with van der Waals surface area (Å²) in [6.07, 6.45) is 1.88. The highest BCUT2D eigenvalue weighted by molar-refractivity contribution is 7.92. The average molecular weight is 428 g/mol. The number of ether oxygens (including phenoxy) is 1. The van der Waals surface area contributed by atoms with Gasteiger partial charge in [-0.15, -0.1) is 0 Å². The molecule has 1 aliphatic heterocycles. The van der Waals surface area contributed by atoms with Crippen molar-refractivity contribution in [2.75, 3.05) is 11.1 Å². The third-order valence-corrected chi connectivity index (χ3v) is 7.00. The van der Waals surface area contributed by atoms with Crippen LogP contribution in [0.4, 0.5) is 9.39 Å². The fraction of sp³-hybridized carbons (Fsp3) is 0.444. The van der Waals surface area contributed by atoms with E-state index in [0.717, 1.165) is 11.5 Å². The number of carbonyl (C=O) groups is 1. The molecule has 3 rings (SSSR count). The molecule has 0 aliphatic carbocycles. The first kappa shape index (κ1) is 20.7. The first-order valence-electron chi connectivity index (χ1n) is 8.79. The number of rotatable bonds is 6. The van der Waals surface area contributed by atoms with Gasteiger partial charge in [0.05, 0.1) is 0 Å². The van der Waals surface area contributed by atoms with Gasteiger partial charge in [-0.3, -0.25) is 10.1 Å². The van der Waals surface area contributed by atoms with Crippen LogP contribution >= 0.6 is 11.5 Å². The molecule has 1 aliphatic rings. The Morgan fingerprint density at radius 1 is 1.43 bits per heavy atom. The van der Waals surface area contributed by atoms with Crippen molar-refractivity contribution in [1.29, 1.82) is 0 Å². The number of nitrogens with one attached hydrogen (secondary N) is 2. The van der Waals surface area contributed by atoms with Crippen molar-refractivity contribution in [3.05, 3.63) is 41.8 Å². The van der Waals surface area contributed by atoms with Gasteiger partial charge in [-0.1, -0.05) is 6.92 Å². The minimum absolute atomic E-state index is 0.219. The van der Waals surface area contributed by atoms with Crippen molar-refractivity contribution in [2.45, 2.75) is 44.2 Å². The summed E-state index contributed by atoms with van der Waals surface area (Å²) in [6, 6.07) is 5.11. The van der Waals surface area contributed by atoms with E-state index < -0.39 is 38.6 Å². The molecular weight excluding hydrogens is 405 g/mol. The third-order valence-electron chi connectivity index (χ3n) is 4.47. The van der Waals surface area contributed by atoms with Crippen LogP contribution in [0.15, 0.2) is 30.5 Å². The zero-order valence-electron chi connectivity index (χ0n) is 15.7. The van der Waals surface area contributed by atoms with Crippen LogP contribution in [-0.4, -0.2) is 35.4 Å². The number of anilines is 1. The van der Waals surface area contributed by atoms with Crippen LogP contribution in [0, 0.1) is 5.82 Å². The number of carbonyl (C=O) groups excluding carboxylic acids is 1. The molecule has 28 heavy (non-hydrogen) atoms. The Balaban J connectivity index is 1.94. The van der Waals surface area contributed by atoms with Gasteiger partial charge in [-0.05, 0) is 49.6 Å². The molecule has 7 nitrogen and oxygen atoms in total. The zero-order chi connectivity index (χ0) is 20.5. The number of amides is 1. The van der Waals surface area contributed by atoms with Crippen LogP contribution in [0.3, 0.4) is 0 Å². The summed E-state index contributed by atoms with van der Waals surface area (Å²) >= 11 is 1.05. The van der Waals surface area contributed by atoms with E-state index in [-0.39, 0.29) is 5.75 Å². The third kappa shape index (κ3) is 4.50. The second-order valence-electron chi connectivity index (χ2n) is 7.16. The molecule has 0 bridgehead atoms. The summed E-state index contributed by atoms with van der Waals surface area (Å²) in [4.78, 5) is 12.8. The lowest BCUT2D eigenvalue weighted by molar-refractivity contribution is -0.116. The lowest BCUT2D eigenvalue weighted by Crippen LogP contribution is -2.51. The number of aromatic nitrogens is 1. The molecule has 1 aromatic heterocycles. The SMILES string of the molecule is CCS(=O)(=O)C(NC1CC(C)(C)Oc2ccc(F)cc21)C(=O)Nc1ccns1. The Kier molecular flexibility index (Phi) is 5.74. The van der Waals surface area contributed by atoms with E-state index in [9.17, 15) is 17.6 Å². The van der Waals surface area contributed by atoms with E-state index in [2.05, 4.69) is 15.0 Å². The van der Waals surface area contributed by atoms with Crippen molar-refractivity contribution in [3.8, 4) is 5.75 Å². The smallest absolute Gasteiger partial charge is 0.257 e. The Bertz CT molecular complexity index is 961. The van der Waals surface area contributed by atoms with E-state index in [1.807, 2.05) is 13.8 Å². The van der Waals surface area contributed by atoms with E-state index in [1.54, 1.807) is 6.07 Å². The first-order chi connectivity index (χ1) is 13.1. The predicted octanol–water partition coefficient (Wildman–Crippen LogP) is 2.87. The molecule has 2 unspecified atom stereocenters. The Labute approximate surface area is 167 Å². The van der Waals surface area contributed by atoms with Crippen molar-refractivity contribution in [1.82, 2.24) is 9.69 Å². The summed E-state index contributed by atoms with van der Waals surface area (Å²) in [6.45, 7) is 5.19. The summed E-state index contributed by atoms with van der Waals surface area (Å²) in [7, 11) is -3.79. The average Bonchev–Trinajstić information content (AvgIpc) is 3.12. The number of benzene rings is 1. The molecule has 2 N–H and O–H groups in total. The maximum atomic E-state index is 13.8. The predicted molar refractivity (Wildman–Crippen MR) is 106 cm³/mol. The highest BCUT2D eigenvalue weighted by Gasteiger charge is 2.39. The van der Waals surface area contributed by atoms with E-state index in [4.69, 9.17) is 4.74 Å². The van der Waals surface area contributed by atoms with Crippen molar-refractivity contribution in [2.24, 2.45) is 0 Å². The van der Waals surface area contributed by atoms with Gasteiger partial charge in [0.25, 0.3) is 5.91 Å². The lowest BCUT2D eigenvalue weighted by Gasteiger charge is -2.39. The fourth-order valence-corrected chi connectivity index (χ4v) is 4.73. The van der Waals surface area contributed by atoms with Gasteiger partial charge in [0.15, 0.2) is 15.2 Å². The number of halogens is 1. The Morgan fingerprint density at radius 2 is 2.18 bits per heavy atom. The highest BCUT2D eigenvalue weighted by atomic mass is 32.2. The molecule has 10 heteroatoms. The second kappa shape index (κ2) is 7.76.